The van der Waals surface area contributed by atoms with Crippen molar-refractivity contribution >= 4 is 47.0 Å². The van der Waals surface area contributed by atoms with Crippen molar-refractivity contribution in [2.24, 2.45) is 11.8 Å². The van der Waals surface area contributed by atoms with Gasteiger partial charge in [-0.1, -0.05) is 23.4 Å². The highest BCUT2D eigenvalue weighted by atomic mass is 35.5. The molecule has 0 bridgehead atoms. The van der Waals surface area contributed by atoms with Gasteiger partial charge in [0, 0.05) is 50.7 Å². The molecule has 1 aromatic rings. The lowest BCUT2D eigenvalue weighted by molar-refractivity contribution is -0.151. The van der Waals surface area contributed by atoms with Crippen LogP contribution in [0.5, 0.6) is 0 Å². The number of likely N-dealkylation sites (tertiary alicyclic amines) is 1. The summed E-state index contributed by atoms with van der Waals surface area (Å²) in [5.41, 5.74) is 0. The minimum Gasteiger partial charge on any atom is -0.466 e. The van der Waals surface area contributed by atoms with E-state index in [1.807, 2.05) is 4.90 Å². The number of rotatable bonds is 7. The predicted octanol–water partition coefficient (Wildman–Crippen LogP) is 2.47. The van der Waals surface area contributed by atoms with Crippen LogP contribution in [0.25, 0.3) is 0 Å². The predicted molar refractivity (Wildman–Crippen MR) is 130 cm³/mol. The number of hydrogen-bond donors (Lipinski definition) is 0. The molecule has 4 rings (SSSR count). The van der Waals surface area contributed by atoms with Gasteiger partial charge in [0.05, 0.1) is 18.3 Å². The van der Waals surface area contributed by atoms with E-state index in [0.717, 1.165) is 18.7 Å². The maximum Gasteiger partial charge on any atom is 0.309 e. The number of nitrogens with zero attached hydrogens (tertiary/aromatic N) is 5. The molecule has 2 aliphatic heterocycles. The van der Waals surface area contributed by atoms with Crippen molar-refractivity contribution in [1.29, 1.82) is 0 Å². The van der Waals surface area contributed by atoms with Gasteiger partial charge in [0.25, 0.3) is 0 Å². The Labute approximate surface area is 209 Å². The molecule has 3 aliphatic rings. The van der Waals surface area contributed by atoms with Gasteiger partial charge < -0.3 is 19.4 Å². The number of halogens is 1. The fraction of sp³-hybridized carbons (Fsp3) is 0.696. The second-order valence-electron chi connectivity index (χ2n) is 9.13. The van der Waals surface area contributed by atoms with E-state index in [2.05, 4.69) is 21.8 Å². The normalized spacial score (nSPS) is 21.5. The molecule has 2 amide bonds. The minimum absolute atomic E-state index is 0.00161. The molecule has 0 spiro atoms. The first-order valence-electron chi connectivity index (χ1n) is 12.0. The number of aromatic nitrogens is 2. The van der Waals surface area contributed by atoms with Crippen LogP contribution in [-0.2, 0) is 19.1 Å². The number of ether oxygens (including phenoxy) is 1. The zero-order chi connectivity index (χ0) is 24.2. The lowest BCUT2D eigenvalue weighted by Gasteiger charge is -2.40. The number of hydrogen-bond acceptors (Lipinski definition) is 8. The summed E-state index contributed by atoms with van der Waals surface area (Å²) in [6, 6.07) is 1.84. The molecule has 11 heteroatoms. The smallest absolute Gasteiger partial charge is 0.309 e. The van der Waals surface area contributed by atoms with Crippen molar-refractivity contribution < 1.29 is 19.1 Å². The molecule has 34 heavy (non-hydrogen) atoms. The van der Waals surface area contributed by atoms with E-state index in [1.165, 1.54) is 11.8 Å². The molecular weight excluding hydrogens is 478 g/mol. The van der Waals surface area contributed by atoms with Crippen LogP contribution in [0, 0.1) is 11.8 Å². The summed E-state index contributed by atoms with van der Waals surface area (Å²) < 4.78 is 5.09. The number of piperidine rings is 1. The Bertz CT molecular complexity index is 923. The molecule has 0 aromatic carbocycles. The Morgan fingerprint density at radius 3 is 2.47 bits per heavy atom. The Morgan fingerprint density at radius 1 is 1.09 bits per heavy atom. The number of piperazine rings is 1. The molecule has 1 aliphatic carbocycles. The van der Waals surface area contributed by atoms with Gasteiger partial charge in [-0.2, -0.15) is 0 Å². The van der Waals surface area contributed by atoms with E-state index in [1.54, 1.807) is 17.9 Å². The summed E-state index contributed by atoms with van der Waals surface area (Å²) in [6.45, 7) is 7.38. The zero-order valence-electron chi connectivity index (χ0n) is 19.7. The number of carbonyl (C=O) groups excluding carboxylic acids is 3. The van der Waals surface area contributed by atoms with E-state index in [9.17, 15) is 14.4 Å². The van der Waals surface area contributed by atoms with Gasteiger partial charge in [0.15, 0.2) is 5.16 Å². The van der Waals surface area contributed by atoms with Gasteiger partial charge in [-0.25, -0.2) is 9.97 Å². The first-order chi connectivity index (χ1) is 16.4. The Morgan fingerprint density at radius 2 is 1.82 bits per heavy atom. The largest absolute Gasteiger partial charge is 0.466 e. The molecule has 186 valence electrons. The van der Waals surface area contributed by atoms with Crippen LogP contribution in [-0.4, -0.2) is 88.7 Å². The summed E-state index contributed by atoms with van der Waals surface area (Å²) in [5, 5.41) is 0.792. The second kappa shape index (κ2) is 11.1. The highest BCUT2D eigenvalue weighted by molar-refractivity contribution is 7.99. The first-order valence-corrected chi connectivity index (χ1v) is 13.4. The number of esters is 1. The third kappa shape index (κ3) is 6.13. The highest BCUT2D eigenvalue weighted by Gasteiger charge is 2.37. The van der Waals surface area contributed by atoms with Gasteiger partial charge in [0.2, 0.25) is 11.8 Å². The van der Waals surface area contributed by atoms with Gasteiger partial charge in [-0.05, 0) is 39.5 Å². The number of thioether (sulfide) groups is 1. The van der Waals surface area contributed by atoms with E-state index in [-0.39, 0.29) is 41.4 Å². The van der Waals surface area contributed by atoms with Crippen LogP contribution in [0.15, 0.2) is 11.2 Å². The van der Waals surface area contributed by atoms with E-state index < -0.39 is 0 Å². The SMILES string of the molecule is CCOC(=O)C1CCN(C(=O)CSc2nc(Cl)cc(N3CCN(C(=O)C4CC4)C(C)C3)n2)CC1. The fourth-order valence-electron chi connectivity index (χ4n) is 4.51. The van der Waals surface area contributed by atoms with Gasteiger partial charge >= 0.3 is 5.97 Å². The van der Waals surface area contributed by atoms with Crippen molar-refractivity contribution in [3.8, 4) is 0 Å². The molecule has 0 radical (unpaired) electrons. The molecule has 1 unspecified atom stereocenters. The van der Waals surface area contributed by atoms with Gasteiger partial charge in [-0.3, -0.25) is 14.4 Å². The Hall–Kier alpha value is -2.07. The average Bonchev–Trinajstić information content (AvgIpc) is 3.67. The summed E-state index contributed by atoms with van der Waals surface area (Å²) in [4.78, 5) is 51.9. The van der Waals surface area contributed by atoms with E-state index in [0.29, 0.717) is 62.5 Å². The van der Waals surface area contributed by atoms with Crippen molar-refractivity contribution in [3.63, 3.8) is 0 Å². The van der Waals surface area contributed by atoms with Crippen molar-refractivity contribution in [2.45, 2.75) is 50.7 Å². The average molecular weight is 510 g/mol. The summed E-state index contributed by atoms with van der Waals surface area (Å²) in [5.74, 6) is 1.12. The third-order valence-electron chi connectivity index (χ3n) is 6.61. The molecule has 1 aromatic heterocycles. The van der Waals surface area contributed by atoms with E-state index >= 15 is 0 Å². The Kier molecular flexibility index (Phi) is 8.18. The quantitative estimate of drug-likeness (QED) is 0.239. The van der Waals surface area contributed by atoms with Crippen molar-refractivity contribution in [3.05, 3.63) is 11.2 Å². The molecule has 1 atom stereocenters. The molecular formula is C23H32ClN5O4S. The molecule has 9 nitrogen and oxygen atoms in total. The topological polar surface area (TPSA) is 95.9 Å². The summed E-state index contributed by atoms with van der Waals surface area (Å²) in [7, 11) is 0. The highest BCUT2D eigenvalue weighted by Crippen LogP contribution is 2.33. The number of anilines is 1. The molecule has 0 N–H and O–H groups in total. The van der Waals surface area contributed by atoms with Crippen LogP contribution < -0.4 is 4.90 Å². The van der Waals surface area contributed by atoms with Crippen LogP contribution in [0.1, 0.15) is 39.5 Å². The maximum atomic E-state index is 12.7. The minimum atomic E-state index is -0.170. The van der Waals surface area contributed by atoms with Gasteiger partial charge in [-0.15, -0.1) is 0 Å². The van der Waals surface area contributed by atoms with Crippen LogP contribution in [0.4, 0.5) is 5.82 Å². The van der Waals surface area contributed by atoms with Crippen molar-refractivity contribution in [1.82, 2.24) is 19.8 Å². The number of carbonyl (C=O) groups is 3. The summed E-state index contributed by atoms with van der Waals surface area (Å²) >= 11 is 7.54. The molecule has 3 heterocycles. The monoisotopic (exact) mass is 509 g/mol. The van der Waals surface area contributed by atoms with Gasteiger partial charge in [0.1, 0.15) is 11.0 Å². The second-order valence-corrected chi connectivity index (χ2v) is 10.5. The third-order valence-corrected chi connectivity index (χ3v) is 7.64. The summed E-state index contributed by atoms with van der Waals surface area (Å²) in [6.07, 6.45) is 3.27. The lowest BCUT2D eigenvalue weighted by atomic mass is 9.97. The van der Waals surface area contributed by atoms with E-state index in [4.69, 9.17) is 16.3 Å². The van der Waals surface area contributed by atoms with Crippen LogP contribution in [0.2, 0.25) is 5.15 Å². The molecule has 1 saturated carbocycles. The first kappa shape index (κ1) is 25.0. The van der Waals surface area contributed by atoms with Crippen LogP contribution in [0.3, 0.4) is 0 Å². The zero-order valence-corrected chi connectivity index (χ0v) is 21.3. The van der Waals surface area contributed by atoms with Crippen molar-refractivity contribution in [2.75, 3.05) is 50.0 Å². The maximum absolute atomic E-state index is 12.7. The molecule has 2 saturated heterocycles. The Balaban J connectivity index is 1.29. The number of amides is 2. The lowest BCUT2D eigenvalue weighted by Crippen LogP contribution is -2.54. The standard InChI is InChI=1S/C23H32ClN5O4S/c1-3-33-22(32)17-6-8-27(9-7-17)20(30)14-34-23-25-18(24)12-19(26-23)28-10-11-29(15(2)13-28)21(31)16-4-5-16/h12,15-17H,3-11,13-14H2,1-2H3. The molecule has 3 fully saturated rings. The van der Waals surface area contributed by atoms with Crippen LogP contribution >= 0.6 is 23.4 Å². The fourth-order valence-corrected chi connectivity index (χ4v) is 5.50.